The van der Waals surface area contributed by atoms with E-state index >= 15 is 0 Å². The van der Waals surface area contributed by atoms with Crippen LogP contribution in [0.25, 0.3) is 0 Å². The van der Waals surface area contributed by atoms with Crippen molar-refractivity contribution in [1.29, 1.82) is 0 Å². The number of hydrogen-bond donors (Lipinski definition) is 4. The molecule has 2 saturated heterocycles. The lowest BCUT2D eigenvalue weighted by Gasteiger charge is -2.63. The molecule has 1 aromatic rings. The molecule has 0 spiro atoms. The van der Waals surface area contributed by atoms with E-state index in [9.17, 15) is 39.5 Å². The highest BCUT2D eigenvalue weighted by molar-refractivity contribution is 6.40. The third-order valence-corrected chi connectivity index (χ3v) is 24.3. The van der Waals surface area contributed by atoms with Crippen LogP contribution in [0.1, 0.15) is 173 Å². The number of esters is 3. The van der Waals surface area contributed by atoms with Gasteiger partial charge in [0.15, 0.2) is 0 Å². The fourth-order valence-corrected chi connectivity index (χ4v) is 19.8. The summed E-state index contributed by atoms with van der Waals surface area (Å²) in [6.45, 7) is 15.8. The van der Waals surface area contributed by atoms with Crippen LogP contribution in [0.2, 0.25) is 0 Å². The van der Waals surface area contributed by atoms with Crippen LogP contribution in [0.5, 0.6) is 0 Å². The largest absolute Gasteiger partial charge is 0.459 e. The molecule has 0 unspecified atom stereocenters. The fourth-order valence-electron chi connectivity index (χ4n) is 19.8. The van der Waals surface area contributed by atoms with Gasteiger partial charge in [0.25, 0.3) is 5.69 Å². The summed E-state index contributed by atoms with van der Waals surface area (Å²) in [4.78, 5) is 61.3. The van der Waals surface area contributed by atoms with Gasteiger partial charge in [0.05, 0.1) is 27.0 Å². The smallest absolute Gasteiger partial charge is 0.410 e. The summed E-state index contributed by atoms with van der Waals surface area (Å²) in [5, 5.41) is 42.4. The van der Waals surface area contributed by atoms with Crippen molar-refractivity contribution >= 4 is 52.9 Å². The zero-order chi connectivity index (χ0) is 58.2. The molecule has 16 atom stereocenters. The minimum Gasteiger partial charge on any atom is -0.459 e. The van der Waals surface area contributed by atoms with Gasteiger partial charge in [-0.2, -0.15) is 0 Å². The van der Waals surface area contributed by atoms with Gasteiger partial charge >= 0.3 is 24.0 Å². The summed E-state index contributed by atoms with van der Waals surface area (Å²) in [5.74, 6) is 2.00. The topological polar surface area (TPSA) is 216 Å². The quantitative estimate of drug-likeness (QED) is 0.0685. The van der Waals surface area contributed by atoms with Gasteiger partial charge < -0.3 is 44.7 Å². The van der Waals surface area contributed by atoms with Gasteiger partial charge in [0.1, 0.15) is 25.4 Å². The molecule has 0 bridgehead atoms. The van der Waals surface area contributed by atoms with Crippen LogP contribution < -0.4 is 10.6 Å². The second-order valence-corrected chi connectivity index (χ2v) is 28.4. The number of hydrogen-bond acceptors (Lipinski definition) is 14. The summed E-state index contributed by atoms with van der Waals surface area (Å²) in [7, 11) is 0. The average molecular weight is 1180 g/mol. The van der Waals surface area contributed by atoms with E-state index in [2.05, 4.69) is 38.3 Å². The van der Waals surface area contributed by atoms with Gasteiger partial charge in [-0.1, -0.05) is 34.1 Å². The molecular weight excluding hydrogens is 1090 g/mol. The predicted octanol–water partition coefficient (Wildman–Crippen LogP) is 11.2. The zero-order valence-corrected chi connectivity index (χ0v) is 50.6. The van der Waals surface area contributed by atoms with Gasteiger partial charge in [-0.3, -0.25) is 10.1 Å². The number of carbonyl (C=O) groups excluding carboxylic acids is 4. The minimum atomic E-state index is -0.736. The number of piperidine rings is 1. The summed E-state index contributed by atoms with van der Waals surface area (Å²) >= 11 is 9.53. The molecule has 8 saturated carbocycles. The fraction of sp³-hybridized carbons (Fsp3) is 0.781. The monoisotopic (exact) mass is 1180 g/mol. The number of aliphatic hydroxyl groups is 2. The lowest BCUT2D eigenvalue weighted by atomic mass is 9.43. The van der Waals surface area contributed by atoms with Gasteiger partial charge in [-0.05, 0) is 223 Å². The number of alkyl halides is 2. The second-order valence-electron chi connectivity index (χ2n) is 27.6. The number of rotatable bonds is 6. The summed E-state index contributed by atoms with van der Waals surface area (Å²) in [5.41, 5.74) is 0.894. The number of nitro benzene ring substituents is 1. The number of ether oxygens (including phenoxy) is 4. The van der Waals surface area contributed by atoms with Crippen LogP contribution in [0.4, 0.5) is 10.5 Å². The molecule has 0 radical (unpaired) electrons. The van der Waals surface area contributed by atoms with E-state index in [4.69, 9.17) is 42.1 Å². The number of nitrogens with one attached hydrogen (secondary N) is 2. The van der Waals surface area contributed by atoms with E-state index in [-0.39, 0.29) is 80.7 Å². The highest BCUT2D eigenvalue weighted by atomic mass is 35.5. The van der Waals surface area contributed by atoms with Crippen LogP contribution in [-0.4, -0.2) is 125 Å². The van der Waals surface area contributed by atoms with Crippen molar-refractivity contribution in [3.63, 3.8) is 0 Å². The highest BCUT2D eigenvalue weighted by Gasteiger charge is 2.69. The molecule has 18 heteroatoms. The first-order chi connectivity index (χ1) is 39.2. The second kappa shape index (κ2) is 24.9. The Morgan fingerprint density at radius 2 is 1.10 bits per heavy atom. The standard InChI is InChI=1S/C30H37NO7.C28H42N2O5.C5H11N.CH2Cl2/c1-28-12-9-22(38-27(33)18-3-6-21(7-4-18)31(35)36)16-20(28)5-8-25-24(28)10-13-29(2)23(11-14-30(25,29)34)19-15-26(32)37-17-19;1-26-8-5-20(35-25(32)30-13-11-29-12-14-30)16-19(26)3-4-23-22(26)6-9-27(2)21(7-10-28(23,27)33)18-15-24(31)34-17-18;1-2-4-6-5-3-1;2-1-3/h3-4,6-7,15,20,22-25,34H,5,8-14,16-17H2,1-2H3;15,19-23,29,33H,3-14,16-17H2,1-2H3;6H,1-5H2;1H2/t20-,22+,23-,24+,25-,28+,29-,30+;19-,20+,21-,22+,23-,26+,27-,28+;;/m11../s1. The molecule has 454 valence electrons. The van der Waals surface area contributed by atoms with E-state index in [1.54, 1.807) is 12.2 Å². The van der Waals surface area contributed by atoms with Crippen LogP contribution in [0, 0.1) is 79.1 Å². The zero-order valence-electron chi connectivity index (χ0n) is 49.1. The van der Waals surface area contributed by atoms with Gasteiger partial charge in [0, 0.05) is 61.3 Å². The Labute approximate surface area is 495 Å². The Morgan fingerprint density at radius 1 is 0.634 bits per heavy atom. The van der Waals surface area contributed by atoms with Crippen LogP contribution in [-0.2, 0) is 28.5 Å². The first-order valence-electron chi connectivity index (χ1n) is 31.3. The molecule has 1 aromatic carbocycles. The normalized spacial score (nSPS) is 41.5. The maximum absolute atomic E-state index is 12.8. The number of nitro groups is 1. The summed E-state index contributed by atoms with van der Waals surface area (Å²) in [6, 6.07) is 5.58. The Hall–Kier alpha value is -3.80. The van der Waals surface area contributed by atoms with Crippen molar-refractivity contribution in [2.45, 2.75) is 186 Å². The maximum atomic E-state index is 12.8. The number of carbonyl (C=O) groups is 4. The number of halogens is 2. The van der Waals surface area contributed by atoms with Crippen molar-refractivity contribution in [2.24, 2.45) is 69.0 Å². The third kappa shape index (κ3) is 11.4. The van der Waals surface area contributed by atoms with Crippen LogP contribution >= 0.6 is 23.2 Å². The van der Waals surface area contributed by atoms with E-state index < -0.39 is 22.1 Å². The van der Waals surface area contributed by atoms with E-state index in [1.165, 1.54) is 56.6 Å². The van der Waals surface area contributed by atoms with Gasteiger partial charge in [-0.25, -0.2) is 19.2 Å². The number of non-ortho nitro benzene ring substituents is 1. The molecule has 4 N–H and O–H groups in total. The maximum Gasteiger partial charge on any atom is 0.410 e. The number of fused-ring (bicyclic) bond motifs is 10. The minimum absolute atomic E-state index is 0.0201. The highest BCUT2D eigenvalue weighted by Crippen LogP contribution is 2.72. The molecular formula is C64H92Cl2N4O12. The Morgan fingerprint density at radius 3 is 1.51 bits per heavy atom. The molecule has 82 heavy (non-hydrogen) atoms. The van der Waals surface area contributed by atoms with Crippen molar-refractivity contribution < 1.29 is 53.3 Å². The Balaban J connectivity index is 0.000000160. The molecule has 1 amide bonds. The van der Waals surface area contributed by atoms with Crippen LogP contribution in [0.15, 0.2) is 47.6 Å². The molecule has 4 heterocycles. The first-order valence-corrected chi connectivity index (χ1v) is 32.4. The predicted molar refractivity (Wildman–Crippen MR) is 312 cm³/mol. The lowest BCUT2D eigenvalue weighted by molar-refractivity contribution is -0.384. The van der Waals surface area contributed by atoms with E-state index in [0.717, 1.165) is 153 Å². The van der Waals surface area contributed by atoms with Crippen molar-refractivity contribution in [1.82, 2.24) is 15.5 Å². The molecule has 8 aliphatic carbocycles. The first kappa shape index (κ1) is 61.3. The van der Waals surface area contributed by atoms with Gasteiger partial charge in [-0.15, -0.1) is 23.2 Å². The molecule has 12 aliphatic rings. The Bertz CT molecular complexity index is 2570. The van der Waals surface area contributed by atoms with E-state index in [0.29, 0.717) is 48.4 Å². The lowest BCUT2D eigenvalue weighted by Crippen LogP contribution is -2.62. The number of amides is 1. The number of cyclic esters (lactones) is 2. The third-order valence-electron chi connectivity index (χ3n) is 24.3. The van der Waals surface area contributed by atoms with Crippen molar-refractivity contribution in [2.75, 3.05) is 57.8 Å². The average Bonchev–Trinajstić information content (AvgIpc) is 4.19. The molecule has 10 fully saturated rings. The summed E-state index contributed by atoms with van der Waals surface area (Å²) < 4.78 is 22.4. The number of benzene rings is 1. The summed E-state index contributed by atoms with van der Waals surface area (Å²) in [6.07, 6.45) is 24.6. The molecule has 0 aromatic heterocycles. The molecule has 16 nitrogen and oxygen atoms in total. The van der Waals surface area contributed by atoms with Crippen LogP contribution in [0.3, 0.4) is 0 Å². The molecule has 13 rings (SSSR count). The van der Waals surface area contributed by atoms with Gasteiger partial charge in [0.2, 0.25) is 0 Å². The molecule has 4 aliphatic heterocycles. The van der Waals surface area contributed by atoms with E-state index in [1.807, 2.05) is 4.90 Å². The van der Waals surface area contributed by atoms with Crippen molar-refractivity contribution in [3.05, 3.63) is 63.2 Å². The number of nitrogens with zero attached hydrogens (tertiary/aromatic N) is 2. The van der Waals surface area contributed by atoms with Crippen molar-refractivity contribution in [3.8, 4) is 0 Å². The number of piperazine rings is 1. The SMILES string of the molecule is C1CCNCC1.C[C@]12CC[C@H](OC(=O)N3CCNCC3)C[C@H]1CC[C@@H]1[C@@H]2CC[C@]2(C)[C@@H](C3=CC(=O)OC3)CC[C@]12O.C[C@]12CC[C@H](OC(=O)c3ccc([N+](=O)[O-])cc3)C[C@H]1CC[C@@H]1[C@@H]2CC[C@]2(C)[C@@H](C3=CC(=O)OC3)CC[C@]12O.ClCCl. The Kier molecular flexibility index (Phi) is 18.6.